The lowest BCUT2D eigenvalue weighted by Gasteiger charge is -2.33. The molecule has 13 nitrogen and oxygen atoms in total. The van der Waals surface area contributed by atoms with E-state index in [-0.39, 0.29) is 38.0 Å². The molecule has 4 amide bonds. The molecule has 1 aromatic heterocycles. The number of amides is 4. The fourth-order valence-corrected chi connectivity index (χ4v) is 6.67. The molecule has 5 aromatic rings. The maximum atomic E-state index is 14.4. The smallest absolute Gasteiger partial charge is 0.408 e. The number of carbonyl (C=O) groups excluding carboxylic acids is 4. The maximum Gasteiger partial charge on any atom is 0.408 e. The van der Waals surface area contributed by atoms with Crippen LogP contribution >= 0.6 is 15.9 Å². The Morgan fingerprint density at radius 3 is 1.90 bits per heavy atom. The zero-order chi connectivity index (χ0) is 41.6. The lowest BCUT2D eigenvalue weighted by molar-refractivity contribution is -0.134. The average Bonchev–Trinajstić information content (AvgIpc) is 3.64. The summed E-state index contributed by atoms with van der Waals surface area (Å²) in [5.41, 5.74) is 4.02. The highest BCUT2D eigenvalue weighted by Gasteiger charge is 2.38. The molecule has 0 aliphatic carbocycles. The van der Waals surface area contributed by atoms with E-state index in [0.717, 1.165) is 32.2 Å². The summed E-state index contributed by atoms with van der Waals surface area (Å²) < 4.78 is 6.28. The molecule has 306 valence electrons. The summed E-state index contributed by atoms with van der Waals surface area (Å²) in [6.07, 6.45) is -2.14. The number of alkyl carbamates (subject to hydrolysis) is 1. The van der Waals surface area contributed by atoms with E-state index < -0.39 is 54.1 Å². The van der Waals surface area contributed by atoms with Crippen LogP contribution in [0.15, 0.2) is 114 Å². The molecular formula is C44H52BrN7O6. The van der Waals surface area contributed by atoms with E-state index in [4.69, 9.17) is 4.74 Å². The van der Waals surface area contributed by atoms with Gasteiger partial charge in [-0.15, -0.1) is 0 Å². The summed E-state index contributed by atoms with van der Waals surface area (Å²) in [6.45, 7) is 7.50. The molecule has 4 aromatic carbocycles. The number of aromatic nitrogens is 2. The lowest BCUT2D eigenvalue weighted by Crippen LogP contribution is -2.63. The van der Waals surface area contributed by atoms with Crippen LogP contribution in [0, 0.1) is 11.8 Å². The van der Waals surface area contributed by atoms with Gasteiger partial charge in [0.15, 0.2) is 0 Å². The Kier molecular flexibility index (Phi) is 16.0. The number of para-hydroxylation sites is 2. The molecule has 0 aliphatic rings. The van der Waals surface area contributed by atoms with Crippen LogP contribution in [0.1, 0.15) is 50.2 Å². The molecule has 5 rings (SSSR count). The van der Waals surface area contributed by atoms with Crippen molar-refractivity contribution in [2.24, 2.45) is 11.8 Å². The van der Waals surface area contributed by atoms with Crippen molar-refractivity contribution in [3.63, 3.8) is 0 Å². The quantitative estimate of drug-likeness (QED) is 0.0585. The number of H-pyrrole nitrogens is 1. The summed E-state index contributed by atoms with van der Waals surface area (Å²) >= 11 is 3.45. The predicted octanol–water partition coefficient (Wildman–Crippen LogP) is 5.28. The van der Waals surface area contributed by atoms with Gasteiger partial charge in [-0.25, -0.2) is 9.78 Å². The van der Waals surface area contributed by atoms with Gasteiger partial charge in [-0.05, 0) is 59.2 Å². The SMILES string of the molecule is CC(C)[C@H](NC(=O)OCc1ccccc1)C(=O)N[C@@H](Cc1ccccc1)[C@@H](O)[C@@H](NCc1ccc(Br)cc1)C(=O)N[C@H](C(=O)NCc1nc2ccccc2[nH]1)C(C)C. The zero-order valence-corrected chi connectivity index (χ0v) is 34.7. The minimum Gasteiger partial charge on any atom is -0.445 e. The number of hydrogen-bond acceptors (Lipinski definition) is 8. The predicted molar refractivity (Wildman–Crippen MR) is 226 cm³/mol. The van der Waals surface area contributed by atoms with Crippen molar-refractivity contribution < 1.29 is 29.0 Å². The van der Waals surface area contributed by atoms with Gasteiger partial charge < -0.3 is 36.1 Å². The van der Waals surface area contributed by atoms with Crippen LogP contribution in [-0.4, -0.2) is 69.2 Å². The van der Waals surface area contributed by atoms with E-state index in [1.807, 2.05) is 123 Å². The fourth-order valence-electron chi connectivity index (χ4n) is 6.40. The standard InChI is InChI=1S/C44H52BrN7O6/c1-27(2)37(41(54)47-25-36-48-33-17-11-12-18-34(33)49-36)51-43(56)39(46-24-30-19-21-32(45)22-20-30)40(53)35(23-29-13-7-5-8-14-29)50-42(55)38(28(3)4)52-44(57)58-26-31-15-9-6-10-16-31/h5-22,27-28,35,37-40,46,53H,23-26H2,1-4H3,(H,47,54)(H,48,49)(H,50,55)(H,51,56)(H,52,57)/t35-,37-,38-,39+,40+/m0/s1. The van der Waals surface area contributed by atoms with E-state index in [1.165, 1.54) is 0 Å². The van der Waals surface area contributed by atoms with E-state index in [2.05, 4.69) is 52.5 Å². The summed E-state index contributed by atoms with van der Waals surface area (Å²) in [5, 5.41) is 26.8. The van der Waals surface area contributed by atoms with Crippen molar-refractivity contribution in [1.82, 2.24) is 36.6 Å². The monoisotopic (exact) mass is 853 g/mol. The number of hydrogen-bond donors (Lipinski definition) is 7. The van der Waals surface area contributed by atoms with Crippen molar-refractivity contribution >= 4 is 50.8 Å². The average molecular weight is 855 g/mol. The molecule has 0 unspecified atom stereocenters. The molecule has 58 heavy (non-hydrogen) atoms. The lowest BCUT2D eigenvalue weighted by atomic mass is 9.93. The van der Waals surface area contributed by atoms with Crippen LogP contribution in [-0.2, 0) is 45.2 Å². The second kappa shape index (κ2) is 21.3. The molecule has 0 aliphatic heterocycles. The topological polar surface area (TPSA) is 187 Å². The van der Waals surface area contributed by atoms with Gasteiger partial charge in [0.05, 0.1) is 29.7 Å². The summed E-state index contributed by atoms with van der Waals surface area (Å²) in [7, 11) is 0. The van der Waals surface area contributed by atoms with E-state index in [0.29, 0.717) is 5.82 Å². The highest BCUT2D eigenvalue weighted by atomic mass is 79.9. The number of aliphatic hydroxyl groups excluding tert-OH is 1. The van der Waals surface area contributed by atoms with Crippen molar-refractivity contribution in [2.45, 2.75) is 84.1 Å². The highest BCUT2D eigenvalue weighted by molar-refractivity contribution is 9.10. The van der Waals surface area contributed by atoms with Crippen molar-refractivity contribution in [2.75, 3.05) is 0 Å². The van der Waals surface area contributed by atoms with Crippen molar-refractivity contribution in [3.8, 4) is 0 Å². The Labute approximate surface area is 347 Å². The van der Waals surface area contributed by atoms with Gasteiger partial charge in [-0.2, -0.15) is 0 Å². The minimum atomic E-state index is -1.51. The van der Waals surface area contributed by atoms with Crippen LogP contribution in [0.2, 0.25) is 0 Å². The molecular weight excluding hydrogens is 802 g/mol. The van der Waals surface area contributed by atoms with Crippen LogP contribution in [0.5, 0.6) is 0 Å². The van der Waals surface area contributed by atoms with Gasteiger partial charge in [0, 0.05) is 11.0 Å². The van der Waals surface area contributed by atoms with Gasteiger partial charge in [0.1, 0.15) is 30.6 Å². The first-order chi connectivity index (χ1) is 27.9. The molecule has 14 heteroatoms. The second-order valence-corrected chi connectivity index (χ2v) is 15.8. The number of carbonyl (C=O) groups is 4. The third-order valence-corrected chi connectivity index (χ3v) is 10.2. The van der Waals surface area contributed by atoms with E-state index >= 15 is 0 Å². The first-order valence-corrected chi connectivity index (χ1v) is 20.2. The number of nitrogens with zero attached hydrogens (tertiary/aromatic N) is 1. The molecule has 0 saturated carbocycles. The van der Waals surface area contributed by atoms with Crippen molar-refractivity contribution in [1.29, 1.82) is 0 Å². The molecule has 0 spiro atoms. The number of benzene rings is 4. The minimum absolute atomic E-state index is 0.0184. The van der Waals surface area contributed by atoms with Gasteiger partial charge in [0.2, 0.25) is 17.7 Å². The largest absolute Gasteiger partial charge is 0.445 e. The van der Waals surface area contributed by atoms with Gasteiger partial charge in [-0.3, -0.25) is 19.7 Å². The zero-order valence-electron chi connectivity index (χ0n) is 33.1. The number of ether oxygens (including phenoxy) is 1. The summed E-state index contributed by atoms with van der Waals surface area (Å²) in [6, 6.07) is 29.1. The number of fused-ring (bicyclic) bond motifs is 1. The Hall–Kier alpha value is -5.57. The first-order valence-electron chi connectivity index (χ1n) is 19.4. The Balaban J connectivity index is 1.36. The number of aromatic amines is 1. The highest BCUT2D eigenvalue weighted by Crippen LogP contribution is 2.16. The number of aliphatic hydroxyl groups is 1. The Bertz CT molecular complexity index is 2060. The third kappa shape index (κ3) is 12.7. The fraction of sp³-hybridized carbons (Fsp3) is 0.341. The van der Waals surface area contributed by atoms with Gasteiger partial charge >= 0.3 is 6.09 Å². The number of nitrogens with one attached hydrogen (secondary N) is 6. The molecule has 1 heterocycles. The first kappa shape index (κ1) is 43.6. The van der Waals surface area contributed by atoms with Crippen molar-refractivity contribution in [3.05, 3.63) is 136 Å². The van der Waals surface area contributed by atoms with Crippen LogP contribution in [0.25, 0.3) is 11.0 Å². The third-order valence-electron chi connectivity index (χ3n) is 9.65. The number of halogens is 1. The van der Waals surface area contributed by atoms with Gasteiger partial charge in [0.25, 0.3) is 0 Å². The molecule has 0 bridgehead atoms. The van der Waals surface area contributed by atoms with E-state index in [1.54, 1.807) is 13.8 Å². The Morgan fingerprint density at radius 1 is 0.672 bits per heavy atom. The van der Waals surface area contributed by atoms with Crippen LogP contribution in [0.4, 0.5) is 4.79 Å². The molecule has 0 fully saturated rings. The van der Waals surface area contributed by atoms with Gasteiger partial charge in [-0.1, -0.05) is 129 Å². The second-order valence-electron chi connectivity index (χ2n) is 14.9. The van der Waals surface area contributed by atoms with Crippen LogP contribution in [0.3, 0.4) is 0 Å². The maximum absolute atomic E-state index is 14.4. The molecule has 0 radical (unpaired) electrons. The molecule has 7 N–H and O–H groups in total. The normalized spacial score (nSPS) is 13.9. The number of imidazole rings is 1. The molecule has 5 atom stereocenters. The number of rotatable bonds is 19. The van der Waals surface area contributed by atoms with Crippen LogP contribution < -0.4 is 26.6 Å². The Morgan fingerprint density at radius 2 is 1.26 bits per heavy atom. The summed E-state index contributed by atoms with van der Waals surface area (Å²) in [4.78, 5) is 62.6. The summed E-state index contributed by atoms with van der Waals surface area (Å²) in [5.74, 6) is -1.77. The van der Waals surface area contributed by atoms with E-state index in [9.17, 15) is 24.3 Å². The molecule has 0 saturated heterocycles.